The van der Waals surface area contributed by atoms with Crippen LogP contribution in [0, 0.1) is 0 Å². The van der Waals surface area contributed by atoms with Gasteiger partial charge in [0.1, 0.15) is 0 Å². The molecule has 1 atom stereocenters. The van der Waals surface area contributed by atoms with E-state index in [9.17, 15) is 5.11 Å². The monoisotopic (exact) mass is 324 g/mol. The van der Waals surface area contributed by atoms with Crippen LogP contribution < -0.4 is 5.73 Å². The van der Waals surface area contributed by atoms with Gasteiger partial charge in [0.25, 0.3) is 0 Å². The van der Waals surface area contributed by atoms with Gasteiger partial charge in [-0.05, 0) is 36.8 Å². The average molecular weight is 324 g/mol. The Balaban J connectivity index is 1.47. The normalized spacial score (nSPS) is 19.1. The minimum atomic E-state index is -0.363. The summed E-state index contributed by atoms with van der Waals surface area (Å²) in [4.78, 5) is 2.46. The molecular formula is C21H28N2O. The molecule has 1 unspecified atom stereocenters. The summed E-state index contributed by atoms with van der Waals surface area (Å²) in [5.41, 5.74) is 8.88. The fourth-order valence-electron chi connectivity index (χ4n) is 3.63. The van der Waals surface area contributed by atoms with Gasteiger partial charge < -0.3 is 10.8 Å². The van der Waals surface area contributed by atoms with Crippen molar-refractivity contribution in [3.63, 3.8) is 0 Å². The molecule has 1 fully saturated rings. The molecule has 0 radical (unpaired) electrons. The zero-order valence-corrected chi connectivity index (χ0v) is 14.3. The lowest BCUT2D eigenvalue weighted by atomic mass is 9.82. The van der Waals surface area contributed by atoms with Gasteiger partial charge in [-0.25, -0.2) is 0 Å². The Labute approximate surface area is 145 Å². The van der Waals surface area contributed by atoms with E-state index in [1.54, 1.807) is 0 Å². The van der Waals surface area contributed by atoms with Crippen molar-refractivity contribution in [2.45, 2.75) is 43.9 Å². The highest BCUT2D eigenvalue weighted by Crippen LogP contribution is 2.26. The minimum Gasteiger partial charge on any atom is -0.393 e. The van der Waals surface area contributed by atoms with E-state index in [0.717, 1.165) is 32.5 Å². The number of aliphatic hydroxyl groups excluding tert-OH is 1. The number of hydrogen-bond acceptors (Lipinski definition) is 3. The molecule has 3 heteroatoms. The number of nitrogens with two attached hydrogens (primary N) is 1. The number of nitrogens with zero attached hydrogens (tertiary/aromatic N) is 1. The Morgan fingerprint density at radius 1 is 0.917 bits per heavy atom. The van der Waals surface area contributed by atoms with Crippen LogP contribution in [0.1, 0.15) is 30.4 Å². The summed E-state index contributed by atoms with van der Waals surface area (Å²) in [6.45, 7) is 3.00. The fraction of sp³-hybridized carbons (Fsp3) is 0.429. The molecule has 1 saturated heterocycles. The lowest BCUT2D eigenvalue weighted by Gasteiger charge is -2.40. The van der Waals surface area contributed by atoms with Gasteiger partial charge in [-0.1, -0.05) is 60.7 Å². The molecule has 3 nitrogen and oxygen atoms in total. The largest absolute Gasteiger partial charge is 0.393 e. The molecule has 1 aliphatic rings. The first-order valence-corrected chi connectivity index (χ1v) is 8.90. The van der Waals surface area contributed by atoms with Gasteiger partial charge in [0.15, 0.2) is 0 Å². The number of aliphatic hydroxyl groups is 1. The molecule has 0 aromatic heterocycles. The third-order valence-electron chi connectivity index (χ3n) is 5.06. The molecule has 0 bridgehead atoms. The van der Waals surface area contributed by atoms with Gasteiger partial charge in [-0.2, -0.15) is 0 Å². The van der Waals surface area contributed by atoms with Gasteiger partial charge in [-0.3, -0.25) is 4.90 Å². The summed E-state index contributed by atoms with van der Waals surface area (Å²) in [6, 6.07) is 20.7. The van der Waals surface area contributed by atoms with Crippen LogP contribution in [0.2, 0.25) is 0 Å². The van der Waals surface area contributed by atoms with E-state index >= 15 is 0 Å². The van der Waals surface area contributed by atoms with E-state index in [2.05, 4.69) is 47.4 Å². The van der Waals surface area contributed by atoms with Crippen molar-refractivity contribution in [1.29, 1.82) is 0 Å². The molecular weight excluding hydrogens is 296 g/mol. The first-order chi connectivity index (χ1) is 11.6. The lowest BCUT2D eigenvalue weighted by molar-refractivity contribution is 0.0877. The van der Waals surface area contributed by atoms with Gasteiger partial charge in [-0.15, -0.1) is 0 Å². The summed E-state index contributed by atoms with van der Waals surface area (Å²) in [5.74, 6) is 0. The van der Waals surface area contributed by atoms with Crippen LogP contribution in [0.15, 0.2) is 60.7 Å². The molecule has 0 aliphatic carbocycles. The maximum atomic E-state index is 10.4. The van der Waals surface area contributed by atoms with Crippen molar-refractivity contribution >= 4 is 0 Å². The van der Waals surface area contributed by atoms with E-state index < -0.39 is 0 Å². The second-order valence-electron chi connectivity index (χ2n) is 7.17. The first-order valence-electron chi connectivity index (χ1n) is 8.90. The predicted octanol–water partition coefficient (Wildman–Crippen LogP) is 2.97. The Morgan fingerprint density at radius 2 is 1.46 bits per heavy atom. The van der Waals surface area contributed by atoms with Gasteiger partial charge >= 0.3 is 0 Å². The average Bonchev–Trinajstić information content (AvgIpc) is 2.59. The van der Waals surface area contributed by atoms with Crippen LogP contribution in [0.4, 0.5) is 0 Å². The fourth-order valence-corrected chi connectivity index (χ4v) is 3.63. The van der Waals surface area contributed by atoms with Crippen molar-refractivity contribution in [3.8, 4) is 0 Å². The number of hydrogen-bond donors (Lipinski definition) is 2. The molecule has 128 valence electrons. The SMILES string of the molecule is NC1(CC(O)Cc2ccccc2)CCN(Cc2ccccc2)CC1. The molecule has 24 heavy (non-hydrogen) atoms. The van der Waals surface area contributed by atoms with Crippen LogP contribution in [-0.4, -0.2) is 34.7 Å². The van der Waals surface area contributed by atoms with Crippen LogP contribution in [0.25, 0.3) is 0 Å². The highest BCUT2D eigenvalue weighted by atomic mass is 16.3. The molecule has 1 aliphatic heterocycles. The maximum absolute atomic E-state index is 10.4. The van der Waals surface area contributed by atoms with Crippen molar-refractivity contribution < 1.29 is 5.11 Å². The second-order valence-corrected chi connectivity index (χ2v) is 7.17. The van der Waals surface area contributed by atoms with Crippen molar-refractivity contribution in [2.75, 3.05) is 13.1 Å². The summed E-state index contributed by atoms with van der Waals surface area (Å²) in [5, 5.41) is 10.4. The topological polar surface area (TPSA) is 49.5 Å². The van der Waals surface area contributed by atoms with Crippen LogP contribution in [-0.2, 0) is 13.0 Å². The van der Waals surface area contributed by atoms with Gasteiger partial charge in [0, 0.05) is 25.2 Å². The summed E-state index contributed by atoms with van der Waals surface area (Å²) in [7, 11) is 0. The van der Waals surface area contributed by atoms with E-state index in [1.165, 1.54) is 11.1 Å². The zero-order valence-electron chi connectivity index (χ0n) is 14.3. The molecule has 0 saturated carbocycles. The van der Waals surface area contributed by atoms with E-state index in [4.69, 9.17) is 5.73 Å². The third kappa shape index (κ3) is 4.91. The predicted molar refractivity (Wildman–Crippen MR) is 98.6 cm³/mol. The molecule has 0 spiro atoms. The van der Waals surface area contributed by atoms with Gasteiger partial charge in [0.05, 0.1) is 6.10 Å². The molecule has 3 N–H and O–H groups in total. The quantitative estimate of drug-likeness (QED) is 0.859. The molecule has 1 heterocycles. The molecule has 3 rings (SSSR count). The summed E-state index contributed by atoms with van der Waals surface area (Å²) >= 11 is 0. The smallest absolute Gasteiger partial charge is 0.0598 e. The number of likely N-dealkylation sites (tertiary alicyclic amines) is 1. The van der Waals surface area contributed by atoms with E-state index in [0.29, 0.717) is 12.8 Å². The van der Waals surface area contributed by atoms with E-state index in [1.807, 2.05) is 18.2 Å². The Morgan fingerprint density at radius 3 is 2.04 bits per heavy atom. The Kier molecular flexibility index (Phi) is 5.67. The van der Waals surface area contributed by atoms with Crippen molar-refractivity contribution in [1.82, 2.24) is 4.90 Å². The lowest BCUT2D eigenvalue weighted by Crippen LogP contribution is -2.52. The Bertz CT molecular complexity index is 606. The highest BCUT2D eigenvalue weighted by Gasteiger charge is 2.32. The maximum Gasteiger partial charge on any atom is 0.0598 e. The summed E-state index contributed by atoms with van der Waals surface area (Å²) in [6.07, 6.45) is 2.91. The first kappa shape index (κ1) is 17.2. The number of benzene rings is 2. The second kappa shape index (κ2) is 7.93. The summed E-state index contributed by atoms with van der Waals surface area (Å²) < 4.78 is 0. The molecule has 2 aromatic rings. The zero-order chi connectivity index (χ0) is 16.8. The molecule has 0 amide bonds. The van der Waals surface area contributed by atoms with Gasteiger partial charge in [0.2, 0.25) is 0 Å². The third-order valence-corrected chi connectivity index (χ3v) is 5.06. The number of rotatable bonds is 6. The standard InChI is InChI=1S/C21H28N2O/c22-21(16-20(24)15-18-7-3-1-4-8-18)11-13-23(14-12-21)17-19-9-5-2-6-10-19/h1-10,20,24H,11-17,22H2. The van der Waals surface area contributed by atoms with Crippen molar-refractivity contribution in [2.24, 2.45) is 5.73 Å². The molecule has 2 aromatic carbocycles. The van der Waals surface area contributed by atoms with Crippen molar-refractivity contribution in [3.05, 3.63) is 71.8 Å². The van der Waals surface area contributed by atoms with Crippen LogP contribution >= 0.6 is 0 Å². The highest BCUT2D eigenvalue weighted by molar-refractivity contribution is 5.16. The number of piperidine rings is 1. The van der Waals surface area contributed by atoms with E-state index in [-0.39, 0.29) is 11.6 Å². The van der Waals surface area contributed by atoms with Crippen LogP contribution in [0.5, 0.6) is 0 Å². The Hall–Kier alpha value is -1.68. The minimum absolute atomic E-state index is 0.235. The van der Waals surface area contributed by atoms with Crippen LogP contribution in [0.3, 0.4) is 0 Å².